The van der Waals surface area contributed by atoms with Crippen molar-refractivity contribution in [2.45, 2.75) is 39.5 Å². The van der Waals surface area contributed by atoms with Crippen molar-refractivity contribution in [1.82, 2.24) is 6.15 Å². The number of phosphoric acid groups is 2. The predicted octanol–water partition coefficient (Wildman–Crippen LogP) is 0.0667. The van der Waals surface area contributed by atoms with E-state index in [1.165, 1.54) is 25.7 Å². The zero-order valence-corrected chi connectivity index (χ0v) is 12.2. The SMILES string of the molecule is CCCCCC.N.O.O=P(O)(O)O.O=P(O)(O)O. The lowest BCUT2D eigenvalue weighted by Crippen LogP contribution is -1.66. The minimum Gasteiger partial charge on any atom is -0.412 e. The van der Waals surface area contributed by atoms with Crippen molar-refractivity contribution >= 4 is 15.6 Å². The third-order valence-electron chi connectivity index (χ3n) is 0.957. The van der Waals surface area contributed by atoms with Gasteiger partial charge in [-0.1, -0.05) is 39.5 Å². The molecule has 11 N–H and O–H groups in total. The predicted molar refractivity (Wildman–Crippen MR) is 67.0 cm³/mol. The summed E-state index contributed by atoms with van der Waals surface area (Å²) >= 11 is 0. The first kappa shape index (κ1) is 30.9. The van der Waals surface area contributed by atoms with Gasteiger partial charge in [0, 0.05) is 0 Å². The van der Waals surface area contributed by atoms with Gasteiger partial charge in [-0.15, -0.1) is 0 Å². The molecule has 0 saturated carbocycles. The molecule has 0 fully saturated rings. The Morgan fingerprint density at radius 2 is 0.833 bits per heavy atom. The van der Waals surface area contributed by atoms with Crippen LogP contribution in [0.3, 0.4) is 0 Å². The Kier molecular flexibility index (Phi) is 29.4. The summed E-state index contributed by atoms with van der Waals surface area (Å²) in [5.41, 5.74) is 0. The third kappa shape index (κ3) is 375. The highest BCUT2D eigenvalue weighted by Gasteiger charge is 2.00. The van der Waals surface area contributed by atoms with Crippen LogP contribution in [0.2, 0.25) is 0 Å². The number of hydrogen-bond donors (Lipinski definition) is 7. The molecule has 18 heavy (non-hydrogen) atoms. The van der Waals surface area contributed by atoms with Crippen LogP contribution in [0.1, 0.15) is 39.5 Å². The molecule has 10 nitrogen and oxygen atoms in total. The molecule has 0 spiro atoms. The summed E-state index contributed by atoms with van der Waals surface area (Å²) in [4.78, 5) is 43.1. The third-order valence-corrected chi connectivity index (χ3v) is 0.957. The molecule has 0 heterocycles. The van der Waals surface area contributed by atoms with Crippen LogP contribution in [0.25, 0.3) is 0 Å². The van der Waals surface area contributed by atoms with E-state index in [0.29, 0.717) is 0 Å². The molecule has 12 heteroatoms. The molecule has 0 atom stereocenters. The van der Waals surface area contributed by atoms with Gasteiger partial charge in [-0.3, -0.25) is 0 Å². The van der Waals surface area contributed by atoms with Crippen LogP contribution in [0.15, 0.2) is 0 Å². The lowest BCUT2D eigenvalue weighted by Gasteiger charge is -1.86. The molecule has 0 aromatic heterocycles. The molecule has 0 radical (unpaired) electrons. The van der Waals surface area contributed by atoms with Gasteiger partial charge in [0.05, 0.1) is 0 Å². The second-order valence-electron chi connectivity index (χ2n) is 2.73. The molecule has 0 unspecified atom stereocenters. The first-order valence-electron chi connectivity index (χ1n) is 4.48. The van der Waals surface area contributed by atoms with Gasteiger partial charge >= 0.3 is 15.6 Å². The summed E-state index contributed by atoms with van der Waals surface area (Å²) in [6.45, 7) is 4.46. The topological polar surface area (TPSA) is 222 Å². The van der Waals surface area contributed by atoms with Gasteiger partial charge in [0.1, 0.15) is 0 Å². The van der Waals surface area contributed by atoms with Crippen LogP contribution in [-0.4, -0.2) is 34.8 Å². The van der Waals surface area contributed by atoms with Crippen LogP contribution < -0.4 is 6.15 Å². The van der Waals surface area contributed by atoms with Crippen molar-refractivity contribution in [2.75, 3.05) is 0 Å². The Morgan fingerprint density at radius 1 is 0.722 bits per heavy atom. The van der Waals surface area contributed by atoms with E-state index >= 15 is 0 Å². The van der Waals surface area contributed by atoms with E-state index in [2.05, 4.69) is 13.8 Å². The highest BCUT2D eigenvalue weighted by molar-refractivity contribution is 7.45. The fraction of sp³-hybridized carbons (Fsp3) is 1.00. The van der Waals surface area contributed by atoms with Gasteiger partial charge in [0.25, 0.3) is 0 Å². The number of rotatable bonds is 3. The first-order valence-corrected chi connectivity index (χ1v) is 7.61. The van der Waals surface area contributed by atoms with Gasteiger partial charge in [-0.25, -0.2) is 9.13 Å². The molecule has 0 aromatic carbocycles. The monoisotopic (exact) mass is 317 g/mol. The fourth-order valence-corrected chi connectivity index (χ4v) is 0.500. The lowest BCUT2D eigenvalue weighted by atomic mass is 10.2. The number of hydrogen-bond acceptors (Lipinski definition) is 3. The fourth-order valence-electron chi connectivity index (χ4n) is 0.500. The molecule has 0 aliphatic heterocycles. The van der Waals surface area contributed by atoms with Gasteiger partial charge < -0.3 is 41.0 Å². The summed E-state index contributed by atoms with van der Waals surface area (Å²) < 4.78 is 17.8. The van der Waals surface area contributed by atoms with E-state index in [0.717, 1.165) is 0 Å². The summed E-state index contributed by atoms with van der Waals surface area (Å²) in [5, 5.41) is 0. The second kappa shape index (κ2) is 17.1. The van der Waals surface area contributed by atoms with Gasteiger partial charge in [-0.05, 0) is 0 Å². The molecule has 0 rings (SSSR count). The summed E-state index contributed by atoms with van der Waals surface area (Å²) in [5.74, 6) is 0. The minimum absolute atomic E-state index is 0. The summed E-state index contributed by atoms with van der Waals surface area (Å²) in [7, 11) is -9.28. The Bertz CT molecular complexity index is 185. The largest absolute Gasteiger partial charge is 0.466 e. The first-order chi connectivity index (χ1) is 6.91. The molecule has 0 saturated heterocycles. The Balaban J connectivity index is -0.0000000447. The Labute approximate surface area is 106 Å². The van der Waals surface area contributed by atoms with Crippen molar-refractivity contribution in [3.05, 3.63) is 0 Å². The Morgan fingerprint density at radius 3 is 0.889 bits per heavy atom. The molecule has 0 aliphatic rings. The van der Waals surface area contributed by atoms with Crippen LogP contribution >= 0.6 is 15.6 Å². The maximum atomic E-state index is 8.88. The summed E-state index contributed by atoms with van der Waals surface area (Å²) in [6, 6.07) is 0. The normalized spacial score (nSPS) is 9.56. The standard InChI is InChI=1S/C6H14.H3N.2H3O4P.H2O/c1-3-5-6-4-2;;2*1-5(2,3)4;/h3-6H2,1-2H3;1H3;2*(H3,1,2,3,4);1H2. The van der Waals surface area contributed by atoms with Crippen LogP contribution in [0.5, 0.6) is 0 Å². The van der Waals surface area contributed by atoms with Gasteiger partial charge in [-0.2, -0.15) is 0 Å². The average Bonchev–Trinajstić information content (AvgIpc) is 1.94. The molecular weight excluding hydrogens is 292 g/mol. The van der Waals surface area contributed by atoms with Crippen LogP contribution in [0.4, 0.5) is 0 Å². The second-order valence-corrected chi connectivity index (χ2v) is 4.79. The highest BCUT2D eigenvalue weighted by Crippen LogP contribution is 2.26. The van der Waals surface area contributed by atoms with Crippen LogP contribution in [0, 0.1) is 0 Å². The van der Waals surface area contributed by atoms with Crippen molar-refractivity contribution in [3.63, 3.8) is 0 Å². The smallest absolute Gasteiger partial charge is 0.412 e. The zero-order chi connectivity index (χ0) is 13.8. The van der Waals surface area contributed by atoms with Crippen LogP contribution in [-0.2, 0) is 9.13 Å². The summed E-state index contributed by atoms with van der Waals surface area (Å²) in [6.07, 6.45) is 5.54. The van der Waals surface area contributed by atoms with E-state index in [1.54, 1.807) is 0 Å². The van der Waals surface area contributed by atoms with Gasteiger partial charge in [0.15, 0.2) is 0 Å². The van der Waals surface area contributed by atoms with E-state index in [4.69, 9.17) is 38.5 Å². The molecule has 118 valence electrons. The maximum Gasteiger partial charge on any atom is 0.466 e. The van der Waals surface area contributed by atoms with Crippen molar-refractivity contribution in [1.29, 1.82) is 0 Å². The molecule has 0 aromatic rings. The molecule has 0 bridgehead atoms. The van der Waals surface area contributed by atoms with E-state index in [1.807, 2.05) is 0 Å². The van der Waals surface area contributed by atoms with E-state index < -0.39 is 15.6 Å². The molecule has 0 aliphatic carbocycles. The maximum absolute atomic E-state index is 8.88. The van der Waals surface area contributed by atoms with E-state index in [9.17, 15) is 0 Å². The van der Waals surface area contributed by atoms with E-state index in [-0.39, 0.29) is 11.6 Å². The zero-order valence-electron chi connectivity index (χ0n) is 10.4. The van der Waals surface area contributed by atoms with Crippen molar-refractivity contribution in [3.8, 4) is 0 Å². The lowest BCUT2D eigenvalue weighted by molar-refractivity contribution is 0.272. The van der Waals surface area contributed by atoms with Gasteiger partial charge in [0.2, 0.25) is 0 Å². The number of unbranched alkanes of at least 4 members (excludes halogenated alkanes) is 3. The van der Waals surface area contributed by atoms with Crippen molar-refractivity contribution < 1.29 is 44.0 Å². The molecule has 0 amide bonds. The van der Waals surface area contributed by atoms with Crippen molar-refractivity contribution in [2.24, 2.45) is 0 Å². The highest BCUT2D eigenvalue weighted by atomic mass is 31.2. The Hall–Kier alpha value is 0.140. The molecular formula is C6H25NO9P2. The minimum atomic E-state index is -4.64. The average molecular weight is 317 g/mol. The quantitative estimate of drug-likeness (QED) is 0.275.